The van der Waals surface area contributed by atoms with Gasteiger partial charge in [0, 0.05) is 31.6 Å². The molecule has 0 radical (unpaired) electrons. The van der Waals surface area contributed by atoms with Gasteiger partial charge in [0.1, 0.15) is 11.6 Å². The second-order valence-electron chi connectivity index (χ2n) is 5.35. The smallest absolute Gasteiger partial charge is 0.217 e. The van der Waals surface area contributed by atoms with Gasteiger partial charge in [-0.25, -0.2) is 4.98 Å². The van der Waals surface area contributed by atoms with Gasteiger partial charge in [0.2, 0.25) is 5.91 Å². The topological polar surface area (TPSA) is 105 Å². The molecular weight excluding hydrogens is 296 g/mol. The van der Waals surface area contributed by atoms with E-state index in [2.05, 4.69) is 15.2 Å². The van der Waals surface area contributed by atoms with Crippen molar-refractivity contribution in [3.05, 3.63) is 36.2 Å². The fourth-order valence-corrected chi connectivity index (χ4v) is 2.51. The van der Waals surface area contributed by atoms with Crippen molar-refractivity contribution in [2.75, 3.05) is 0 Å². The predicted octanol–water partition coefficient (Wildman–Crippen LogP) is 1.61. The highest BCUT2D eigenvalue weighted by atomic mass is 16.5. The fourth-order valence-electron chi connectivity index (χ4n) is 2.51. The molecule has 0 saturated carbocycles. The summed E-state index contributed by atoms with van der Waals surface area (Å²) in [6.45, 7) is 4.39. The van der Waals surface area contributed by atoms with Crippen molar-refractivity contribution in [2.45, 2.75) is 33.2 Å². The number of rotatable bonds is 6. The largest absolute Gasteiger partial charge is 0.370 e. The van der Waals surface area contributed by atoms with Crippen LogP contribution in [-0.2, 0) is 11.3 Å². The van der Waals surface area contributed by atoms with Crippen molar-refractivity contribution in [3.63, 3.8) is 0 Å². The molecule has 120 valence electrons. The average Bonchev–Trinajstić information content (AvgIpc) is 3.19. The van der Waals surface area contributed by atoms with Crippen molar-refractivity contribution >= 4 is 5.91 Å². The number of nitrogens with two attached hydrogens (primary N) is 1. The zero-order valence-corrected chi connectivity index (χ0v) is 13.1. The van der Waals surface area contributed by atoms with E-state index in [0.717, 1.165) is 28.5 Å². The van der Waals surface area contributed by atoms with Gasteiger partial charge in [-0.1, -0.05) is 5.16 Å². The van der Waals surface area contributed by atoms with Crippen LogP contribution >= 0.6 is 0 Å². The third-order valence-corrected chi connectivity index (χ3v) is 3.61. The first kappa shape index (κ1) is 15.0. The molecule has 1 amide bonds. The molecule has 0 bridgehead atoms. The Morgan fingerprint density at radius 3 is 2.91 bits per heavy atom. The Labute approximate surface area is 132 Å². The van der Waals surface area contributed by atoms with Crippen LogP contribution in [-0.4, -0.2) is 30.4 Å². The number of aromatic nitrogens is 5. The van der Waals surface area contributed by atoms with E-state index in [0.29, 0.717) is 19.4 Å². The molecule has 3 aromatic heterocycles. The van der Waals surface area contributed by atoms with E-state index in [9.17, 15) is 4.79 Å². The summed E-state index contributed by atoms with van der Waals surface area (Å²) in [7, 11) is 0. The number of aryl methyl sites for hydroxylation is 3. The molecule has 0 aliphatic carbocycles. The number of primary amides is 1. The molecule has 0 atom stereocenters. The first-order valence-electron chi connectivity index (χ1n) is 7.34. The SMILES string of the molecule is Cc1noc(C)c1-c1nccn1-c1cnn(CCCC(N)=O)c1. The third-order valence-electron chi connectivity index (χ3n) is 3.61. The summed E-state index contributed by atoms with van der Waals surface area (Å²) in [5.41, 5.74) is 7.71. The summed E-state index contributed by atoms with van der Waals surface area (Å²) >= 11 is 0. The van der Waals surface area contributed by atoms with Gasteiger partial charge in [-0.2, -0.15) is 5.10 Å². The van der Waals surface area contributed by atoms with Crippen LogP contribution in [0.4, 0.5) is 0 Å². The second kappa shape index (κ2) is 6.07. The first-order chi connectivity index (χ1) is 11.1. The van der Waals surface area contributed by atoms with Crippen molar-refractivity contribution in [3.8, 4) is 17.1 Å². The maximum absolute atomic E-state index is 10.8. The van der Waals surface area contributed by atoms with Gasteiger partial charge >= 0.3 is 0 Å². The van der Waals surface area contributed by atoms with Gasteiger partial charge in [-0.05, 0) is 20.3 Å². The standard InChI is InChI=1S/C15H18N6O2/c1-10-14(11(2)23-19-10)15-17-5-7-21(15)12-8-18-20(9-12)6-3-4-13(16)22/h5,7-9H,3-4,6H2,1-2H3,(H2,16,22). The van der Waals surface area contributed by atoms with Crippen LogP contribution in [0.3, 0.4) is 0 Å². The Bertz CT molecular complexity index is 809. The summed E-state index contributed by atoms with van der Waals surface area (Å²) in [5, 5.41) is 8.29. The number of carbonyl (C=O) groups excluding carboxylic acids is 1. The summed E-state index contributed by atoms with van der Waals surface area (Å²) in [6.07, 6.45) is 8.28. The Hall–Kier alpha value is -2.90. The van der Waals surface area contributed by atoms with Crippen molar-refractivity contribution in [2.24, 2.45) is 5.73 Å². The number of amides is 1. The van der Waals surface area contributed by atoms with Gasteiger partial charge in [0.15, 0.2) is 0 Å². The summed E-state index contributed by atoms with van der Waals surface area (Å²) in [4.78, 5) is 15.2. The van der Waals surface area contributed by atoms with Crippen LogP contribution in [0.5, 0.6) is 0 Å². The lowest BCUT2D eigenvalue weighted by molar-refractivity contribution is -0.118. The molecular formula is C15H18N6O2. The first-order valence-corrected chi connectivity index (χ1v) is 7.34. The minimum absolute atomic E-state index is 0.298. The lowest BCUT2D eigenvalue weighted by Crippen LogP contribution is -2.11. The molecule has 3 heterocycles. The van der Waals surface area contributed by atoms with E-state index in [1.54, 1.807) is 17.1 Å². The molecule has 0 unspecified atom stereocenters. The normalized spacial score (nSPS) is 11.0. The molecule has 8 heteroatoms. The fraction of sp³-hybridized carbons (Fsp3) is 0.333. The minimum atomic E-state index is -0.298. The van der Waals surface area contributed by atoms with Gasteiger partial charge in [0.25, 0.3) is 0 Å². The van der Waals surface area contributed by atoms with E-state index in [4.69, 9.17) is 10.3 Å². The lowest BCUT2D eigenvalue weighted by Gasteiger charge is -2.04. The summed E-state index contributed by atoms with van der Waals surface area (Å²) in [5.74, 6) is 1.19. The van der Waals surface area contributed by atoms with Gasteiger partial charge in [-0.15, -0.1) is 0 Å². The minimum Gasteiger partial charge on any atom is -0.370 e. The van der Waals surface area contributed by atoms with E-state index in [1.807, 2.05) is 30.8 Å². The Balaban J connectivity index is 1.85. The Kier molecular flexibility index (Phi) is 3.96. The van der Waals surface area contributed by atoms with Crippen LogP contribution < -0.4 is 5.73 Å². The average molecular weight is 314 g/mol. The van der Waals surface area contributed by atoms with Crippen LogP contribution in [0.15, 0.2) is 29.3 Å². The number of imidazole rings is 1. The lowest BCUT2D eigenvalue weighted by atomic mass is 10.2. The highest BCUT2D eigenvalue weighted by Gasteiger charge is 2.17. The molecule has 0 aliphatic heterocycles. The molecule has 3 rings (SSSR count). The number of nitrogens with zero attached hydrogens (tertiary/aromatic N) is 5. The zero-order valence-electron chi connectivity index (χ0n) is 13.1. The molecule has 0 aliphatic rings. The van der Waals surface area contributed by atoms with E-state index < -0.39 is 0 Å². The van der Waals surface area contributed by atoms with Crippen LogP contribution in [0.2, 0.25) is 0 Å². The Morgan fingerprint density at radius 1 is 1.39 bits per heavy atom. The number of hydrogen-bond donors (Lipinski definition) is 1. The second-order valence-corrected chi connectivity index (χ2v) is 5.35. The van der Waals surface area contributed by atoms with Crippen LogP contribution in [0.1, 0.15) is 24.3 Å². The van der Waals surface area contributed by atoms with Crippen molar-refractivity contribution < 1.29 is 9.32 Å². The summed E-state index contributed by atoms with van der Waals surface area (Å²) in [6, 6.07) is 0. The molecule has 2 N–H and O–H groups in total. The van der Waals surface area contributed by atoms with Gasteiger partial charge in [-0.3, -0.25) is 14.0 Å². The van der Waals surface area contributed by atoms with Crippen molar-refractivity contribution in [1.82, 2.24) is 24.5 Å². The molecule has 23 heavy (non-hydrogen) atoms. The number of hydrogen-bond acceptors (Lipinski definition) is 5. The van der Waals surface area contributed by atoms with Gasteiger partial charge in [0.05, 0.1) is 23.1 Å². The third kappa shape index (κ3) is 3.01. The van der Waals surface area contributed by atoms with Crippen LogP contribution in [0, 0.1) is 13.8 Å². The molecule has 3 aromatic rings. The molecule has 0 aromatic carbocycles. The molecule has 8 nitrogen and oxygen atoms in total. The van der Waals surface area contributed by atoms with E-state index in [1.165, 1.54) is 0 Å². The monoisotopic (exact) mass is 314 g/mol. The number of carbonyl (C=O) groups is 1. The van der Waals surface area contributed by atoms with Gasteiger partial charge < -0.3 is 10.3 Å². The van der Waals surface area contributed by atoms with Crippen molar-refractivity contribution in [1.29, 1.82) is 0 Å². The quantitative estimate of drug-likeness (QED) is 0.744. The van der Waals surface area contributed by atoms with E-state index in [-0.39, 0.29) is 5.91 Å². The van der Waals surface area contributed by atoms with Crippen LogP contribution in [0.25, 0.3) is 17.1 Å². The molecule has 0 saturated heterocycles. The predicted molar refractivity (Wildman–Crippen MR) is 82.7 cm³/mol. The van der Waals surface area contributed by atoms with E-state index >= 15 is 0 Å². The highest BCUT2D eigenvalue weighted by molar-refractivity contribution is 5.73. The maximum Gasteiger partial charge on any atom is 0.217 e. The maximum atomic E-state index is 10.8. The summed E-state index contributed by atoms with van der Waals surface area (Å²) < 4.78 is 8.94. The molecule has 0 spiro atoms. The Morgan fingerprint density at radius 2 is 2.22 bits per heavy atom. The zero-order chi connectivity index (χ0) is 16.4. The highest BCUT2D eigenvalue weighted by Crippen LogP contribution is 2.27. The molecule has 0 fully saturated rings.